The summed E-state index contributed by atoms with van der Waals surface area (Å²) in [5.74, 6) is 0. The molecule has 86 valence electrons. The Morgan fingerprint density at radius 1 is 1.27 bits per heavy atom. The maximum atomic E-state index is 5.86. The summed E-state index contributed by atoms with van der Waals surface area (Å²) in [6.07, 6.45) is 7.70. The van der Waals surface area contributed by atoms with Crippen LogP contribution in [0.5, 0.6) is 0 Å². The number of rotatable bonds is 6. The maximum Gasteiger partial charge on any atom is 0.0707 e. The summed E-state index contributed by atoms with van der Waals surface area (Å²) in [6.45, 7) is 6.54. The standard InChI is InChI=1S/C12H22N2O/c1-2-7-14(10-3-4-10)9-12-6-5-11(8-13)15-12/h2,10-12H,1,3-9,13H2. The second-order valence-electron chi connectivity index (χ2n) is 4.67. The Morgan fingerprint density at radius 3 is 2.53 bits per heavy atom. The van der Waals surface area contributed by atoms with Crippen LogP contribution in [-0.2, 0) is 4.74 Å². The fourth-order valence-corrected chi connectivity index (χ4v) is 2.33. The van der Waals surface area contributed by atoms with Crippen LogP contribution in [0, 0.1) is 0 Å². The highest BCUT2D eigenvalue weighted by molar-refractivity contribution is 4.90. The minimum Gasteiger partial charge on any atom is -0.372 e. The van der Waals surface area contributed by atoms with E-state index in [1.54, 1.807) is 0 Å². The van der Waals surface area contributed by atoms with E-state index in [1.165, 1.54) is 19.3 Å². The zero-order valence-corrected chi connectivity index (χ0v) is 9.40. The molecule has 0 aromatic rings. The Labute approximate surface area is 92.3 Å². The molecule has 0 radical (unpaired) electrons. The van der Waals surface area contributed by atoms with E-state index in [2.05, 4.69) is 11.5 Å². The molecule has 0 aromatic heterocycles. The molecule has 0 amide bonds. The highest BCUT2D eigenvalue weighted by Gasteiger charge is 2.32. The topological polar surface area (TPSA) is 38.5 Å². The Balaban J connectivity index is 1.76. The first-order valence-corrected chi connectivity index (χ1v) is 6.04. The number of nitrogens with zero attached hydrogens (tertiary/aromatic N) is 1. The summed E-state index contributed by atoms with van der Waals surface area (Å²) < 4.78 is 5.86. The first-order chi connectivity index (χ1) is 7.33. The van der Waals surface area contributed by atoms with E-state index in [-0.39, 0.29) is 0 Å². The highest BCUT2D eigenvalue weighted by Crippen LogP contribution is 2.29. The molecule has 1 aliphatic carbocycles. The van der Waals surface area contributed by atoms with E-state index >= 15 is 0 Å². The van der Waals surface area contributed by atoms with Crippen molar-refractivity contribution in [2.75, 3.05) is 19.6 Å². The molecule has 1 aliphatic heterocycles. The van der Waals surface area contributed by atoms with Gasteiger partial charge in [-0.25, -0.2) is 0 Å². The molecule has 15 heavy (non-hydrogen) atoms. The van der Waals surface area contributed by atoms with Gasteiger partial charge < -0.3 is 10.5 Å². The Kier molecular flexibility index (Phi) is 3.78. The summed E-state index contributed by atoms with van der Waals surface area (Å²) >= 11 is 0. The maximum absolute atomic E-state index is 5.86. The molecule has 2 atom stereocenters. The van der Waals surface area contributed by atoms with Crippen LogP contribution in [0.4, 0.5) is 0 Å². The highest BCUT2D eigenvalue weighted by atomic mass is 16.5. The quantitative estimate of drug-likeness (QED) is 0.668. The molecule has 1 saturated carbocycles. The van der Waals surface area contributed by atoms with Crippen LogP contribution in [0.3, 0.4) is 0 Å². The van der Waals surface area contributed by atoms with Crippen LogP contribution in [-0.4, -0.2) is 42.8 Å². The Bertz CT molecular complexity index is 216. The van der Waals surface area contributed by atoms with Crippen molar-refractivity contribution >= 4 is 0 Å². The molecule has 3 nitrogen and oxygen atoms in total. The van der Waals surface area contributed by atoms with Crippen LogP contribution < -0.4 is 5.73 Å². The molecular formula is C12H22N2O. The molecule has 0 aromatic carbocycles. The van der Waals surface area contributed by atoms with Crippen molar-refractivity contribution in [1.82, 2.24) is 4.90 Å². The van der Waals surface area contributed by atoms with Gasteiger partial charge in [0.2, 0.25) is 0 Å². The van der Waals surface area contributed by atoms with Crippen molar-refractivity contribution in [2.45, 2.75) is 43.9 Å². The van der Waals surface area contributed by atoms with Gasteiger partial charge in [0, 0.05) is 25.7 Å². The number of hydrogen-bond acceptors (Lipinski definition) is 3. The SMILES string of the molecule is C=CCN(CC1CCC(CN)O1)C1CC1. The van der Waals surface area contributed by atoms with Crippen LogP contribution in [0.2, 0.25) is 0 Å². The molecular weight excluding hydrogens is 188 g/mol. The normalized spacial score (nSPS) is 31.1. The first kappa shape index (κ1) is 11.1. The lowest BCUT2D eigenvalue weighted by Crippen LogP contribution is -2.35. The largest absolute Gasteiger partial charge is 0.372 e. The predicted octanol–water partition coefficient (Wildman–Crippen LogP) is 1.14. The second-order valence-corrected chi connectivity index (χ2v) is 4.67. The van der Waals surface area contributed by atoms with E-state index in [0.717, 1.165) is 25.6 Å². The van der Waals surface area contributed by atoms with Gasteiger partial charge in [-0.15, -0.1) is 6.58 Å². The molecule has 2 rings (SSSR count). The number of hydrogen-bond donors (Lipinski definition) is 1. The molecule has 2 aliphatic rings. The average Bonchev–Trinajstić information content (AvgIpc) is 2.99. The van der Waals surface area contributed by atoms with Gasteiger partial charge in [-0.1, -0.05) is 6.08 Å². The third-order valence-electron chi connectivity index (χ3n) is 3.32. The van der Waals surface area contributed by atoms with Gasteiger partial charge >= 0.3 is 0 Å². The van der Waals surface area contributed by atoms with E-state index in [1.807, 2.05) is 6.08 Å². The van der Waals surface area contributed by atoms with Crippen LogP contribution in [0.25, 0.3) is 0 Å². The Hall–Kier alpha value is -0.380. The minimum atomic E-state index is 0.305. The van der Waals surface area contributed by atoms with E-state index in [0.29, 0.717) is 18.8 Å². The Morgan fingerprint density at radius 2 is 2.00 bits per heavy atom. The predicted molar refractivity (Wildman–Crippen MR) is 61.7 cm³/mol. The lowest BCUT2D eigenvalue weighted by molar-refractivity contribution is 0.0277. The van der Waals surface area contributed by atoms with Gasteiger partial charge in [-0.05, 0) is 25.7 Å². The lowest BCUT2D eigenvalue weighted by Gasteiger charge is -2.24. The fraction of sp³-hybridized carbons (Fsp3) is 0.833. The molecule has 0 bridgehead atoms. The van der Waals surface area contributed by atoms with Crippen molar-refractivity contribution < 1.29 is 4.74 Å². The molecule has 2 unspecified atom stereocenters. The molecule has 2 fully saturated rings. The van der Waals surface area contributed by atoms with Crippen molar-refractivity contribution in [2.24, 2.45) is 5.73 Å². The van der Waals surface area contributed by atoms with Crippen molar-refractivity contribution in [3.8, 4) is 0 Å². The van der Waals surface area contributed by atoms with Gasteiger partial charge in [0.15, 0.2) is 0 Å². The third-order valence-corrected chi connectivity index (χ3v) is 3.32. The van der Waals surface area contributed by atoms with Gasteiger partial charge in [-0.2, -0.15) is 0 Å². The summed E-state index contributed by atoms with van der Waals surface area (Å²) in [7, 11) is 0. The number of ether oxygens (including phenoxy) is 1. The first-order valence-electron chi connectivity index (χ1n) is 6.04. The van der Waals surface area contributed by atoms with Crippen LogP contribution in [0.1, 0.15) is 25.7 Å². The lowest BCUT2D eigenvalue weighted by atomic mass is 10.2. The van der Waals surface area contributed by atoms with Gasteiger partial charge in [0.1, 0.15) is 0 Å². The third kappa shape index (κ3) is 3.03. The van der Waals surface area contributed by atoms with Gasteiger partial charge in [-0.3, -0.25) is 4.90 Å². The minimum absolute atomic E-state index is 0.305. The van der Waals surface area contributed by atoms with E-state index < -0.39 is 0 Å². The fourth-order valence-electron chi connectivity index (χ4n) is 2.33. The molecule has 2 N–H and O–H groups in total. The summed E-state index contributed by atoms with van der Waals surface area (Å²) in [4.78, 5) is 2.50. The zero-order chi connectivity index (χ0) is 10.7. The number of nitrogens with two attached hydrogens (primary N) is 1. The molecule has 1 saturated heterocycles. The van der Waals surface area contributed by atoms with E-state index in [4.69, 9.17) is 10.5 Å². The monoisotopic (exact) mass is 210 g/mol. The molecule has 0 spiro atoms. The van der Waals surface area contributed by atoms with Crippen molar-refractivity contribution in [1.29, 1.82) is 0 Å². The van der Waals surface area contributed by atoms with Crippen LogP contribution >= 0.6 is 0 Å². The van der Waals surface area contributed by atoms with Gasteiger partial charge in [0.05, 0.1) is 12.2 Å². The second kappa shape index (κ2) is 5.10. The summed E-state index contributed by atoms with van der Waals surface area (Å²) in [6, 6.07) is 0.795. The van der Waals surface area contributed by atoms with Crippen molar-refractivity contribution in [3.63, 3.8) is 0 Å². The zero-order valence-electron chi connectivity index (χ0n) is 9.40. The molecule has 1 heterocycles. The summed E-state index contributed by atoms with van der Waals surface area (Å²) in [5.41, 5.74) is 5.60. The van der Waals surface area contributed by atoms with Gasteiger partial charge in [0.25, 0.3) is 0 Å². The van der Waals surface area contributed by atoms with Crippen LogP contribution in [0.15, 0.2) is 12.7 Å². The summed E-state index contributed by atoms with van der Waals surface area (Å²) in [5, 5.41) is 0. The average molecular weight is 210 g/mol. The van der Waals surface area contributed by atoms with Crippen molar-refractivity contribution in [3.05, 3.63) is 12.7 Å². The van der Waals surface area contributed by atoms with E-state index in [9.17, 15) is 0 Å². The molecule has 3 heteroatoms. The smallest absolute Gasteiger partial charge is 0.0707 e.